The summed E-state index contributed by atoms with van der Waals surface area (Å²) in [6.45, 7) is 9.03. The summed E-state index contributed by atoms with van der Waals surface area (Å²) in [6, 6.07) is 21.7. The highest BCUT2D eigenvalue weighted by molar-refractivity contribution is 6.28. The van der Waals surface area contributed by atoms with Crippen molar-refractivity contribution in [3.8, 4) is 22.5 Å². The average Bonchev–Trinajstić information content (AvgIpc) is 3.62. The van der Waals surface area contributed by atoms with Crippen molar-refractivity contribution in [2.24, 2.45) is 11.8 Å². The minimum absolute atomic E-state index is 0.0151. The molecule has 0 bridgehead atoms. The van der Waals surface area contributed by atoms with Crippen LogP contribution in [-0.2, 0) is 20.7 Å². The van der Waals surface area contributed by atoms with Crippen LogP contribution in [0.25, 0.3) is 22.5 Å². The number of hydrogen-bond acceptors (Lipinski definition) is 8. The molecule has 1 aromatic heterocycles. The lowest BCUT2D eigenvalue weighted by atomic mass is 9.81. The lowest BCUT2D eigenvalue weighted by molar-refractivity contribution is -0.130. The highest BCUT2D eigenvalue weighted by Gasteiger charge is 2.30. The first kappa shape index (κ1) is 40.4. The van der Waals surface area contributed by atoms with E-state index in [1.54, 1.807) is 24.3 Å². The molecule has 4 aromatic rings. The van der Waals surface area contributed by atoms with Crippen molar-refractivity contribution in [3.63, 3.8) is 0 Å². The third-order valence-electron chi connectivity index (χ3n) is 10.3. The van der Waals surface area contributed by atoms with E-state index in [1.165, 1.54) is 0 Å². The first-order valence-electron chi connectivity index (χ1n) is 19.2. The van der Waals surface area contributed by atoms with Gasteiger partial charge in [0.15, 0.2) is 5.82 Å². The largest absolute Gasteiger partial charge is 0.444 e. The van der Waals surface area contributed by atoms with Crippen molar-refractivity contribution in [2.45, 2.75) is 64.5 Å². The molecule has 296 valence electrons. The van der Waals surface area contributed by atoms with E-state index in [1.807, 2.05) is 74.2 Å². The molecule has 4 amide bonds. The summed E-state index contributed by atoms with van der Waals surface area (Å²) >= 11 is 5.90. The standard InChI is InChI=1S/C42H51ClN8O5/c1-42(2,3)56-41(55)44-26-27-11-13-30(14-12-27)37(52)46-35(38(53)45-34-17-15-29(16-18-34)36-47-40(43)49-48-36)24-28-7-5-8-31(23-28)32-9-6-10-33(25-32)39(54)51-21-19-50(4)20-22-51/h5-10,15-18,23,25,27,30,35H,11-14,19-22,24,26H2,1-4H3,(H,44,55)(H,45,53)(H,46,52)(H,47,48,49)/t27?,30?,35-/m0/s1. The number of alkyl carbamates (subject to hydrolysis) is 1. The summed E-state index contributed by atoms with van der Waals surface area (Å²) in [5.74, 6) is -0.107. The van der Waals surface area contributed by atoms with E-state index in [0.717, 1.165) is 48.2 Å². The molecule has 13 nitrogen and oxygen atoms in total. The number of nitrogens with zero attached hydrogens (tertiary/aromatic N) is 4. The summed E-state index contributed by atoms with van der Waals surface area (Å²) in [4.78, 5) is 61.5. The van der Waals surface area contributed by atoms with Gasteiger partial charge in [0.25, 0.3) is 5.91 Å². The van der Waals surface area contributed by atoms with Gasteiger partial charge in [0.2, 0.25) is 17.1 Å². The van der Waals surface area contributed by atoms with Gasteiger partial charge in [-0.2, -0.15) is 10.1 Å². The number of carbonyl (C=O) groups excluding carboxylic acids is 4. The Bertz CT molecular complexity index is 2000. The normalized spacial score (nSPS) is 18.1. The number of amides is 4. The molecule has 1 aliphatic carbocycles. The highest BCUT2D eigenvalue weighted by Crippen LogP contribution is 2.29. The van der Waals surface area contributed by atoms with Crippen LogP contribution in [0.1, 0.15) is 62.4 Å². The molecule has 6 rings (SSSR count). The van der Waals surface area contributed by atoms with Crippen LogP contribution >= 0.6 is 11.6 Å². The Morgan fingerprint density at radius 1 is 0.893 bits per heavy atom. The molecule has 2 fully saturated rings. The van der Waals surface area contributed by atoms with Gasteiger partial charge >= 0.3 is 6.09 Å². The molecule has 1 atom stereocenters. The van der Waals surface area contributed by atoms with Gasteiger partial charge < -0.3 is 30.5 Å². The first-order valence-corrected chi connectivity index (χ1v) is 19.6. The number of aromatic amines is 1. The fourth-order valence-corrected chi connectivity index (χ4v) is 7.23. The van der Waals surface area contributed by atoms with Gasteiger partial charge in [-0.25, -0.2) is 9.89 Å². The lowest BCUT2D eigenvalue weighted by Gasteiger charge is -2.32. The summed E-state index contributed by atoms with van der Waals surface area (Å²) in [6.07, 6.45) is 2.63. The smallest absolute Gasteiger partial charge is 0.407 e. The van der Waals surface area contributed by atoms with Crippen LogP contribution in [0.15, 0.2) is 72.8 Å². The predicted molar refractivity (Wildman–Crippen MR) is 216 cm³/mol. The van der Waals surface area contributed by atoms with Gasteiger partial charge in [-0.1, -0.05) is 36.4 Å². The summed E-state index contributed by atoms with van der Waals surface area (Å²) in [5, 5.41) is 15.8. The van der Waals surface area contributed by atoms with Crippen LogP contribution < -0.4 is 16.0 Å². The van der Waals surface area contributed by atoms with Crippen LogP contribution in [0, 0.1) is 11.8 Å². The summed E-state index contributed by atoms with van der Waals surface area (Å²) < 4.78 is 5.37. The number of piperazine rings is 1. The Balaban J connectivity index is 1.14. The Labute approximate surface area is 332 Å². The maximum atomic E-state index is 14.0. The molecule has 1 saturated carbocycles. The number of hydrogen-bond donors (Lipinski definition) is 4. The van der Waals surface area contributed by atoms with Gasteiger partial charge in [0, 0.05) is 61.9 Å². The summed E-state index contributed by atoms with van der Waals surface area (Å²) in [5.41, 5.74) is 3.98. The zero-order chi connectivity index (χ0) is 39.8. The van der Waals surface area contributed by atoms with Crippen LogP contribution in [0.4, 0.5) is 10.5 Å². The van der Waals surface area contributed by atoms with Crippen molar-refractivity contribution < 1.29 is 23.9 Å². The minimum atomic E-state index is -0.874. The third kappa shape index (κ3) is 11.2. The number of likely N-dealkylation sites (N-methyl/N-ethyl adjacent to an activating group) is 1. The highest BCUT2D eigenvalue weighted by atomic mass is 35.5. The number of benzene rings is 3. The zero-order valence-electron chi connectivity index (χ0n) is 32.4. The molecule has 2 aliphatic rings. The van der Waals surface area contributed by atoms with Crippen molar-refractivity contribution in [3.05, 3.63) is 89.2 Å². The Hall–Kier alpha value is -5.27. The van der Waals surface area contributed by atoms with Crippen molar-refractivity contribution in [2.75, 3.05) is 45.1 Å². The molecule has 1 saturated heterocycles. The molecule has 0 spiro atoms. The van der Waals surface area contributed by atoms with E-state index in [2.05, 4.69) is 43.1 Å². The number of aromatic nitrogens is 3. The number of H-pyrrole nitrogens is 1. The fourth-order valence-electron chi connectivity index (χ4n) is 7.11. The number of anilines is 1. The van der Waals surface area contributed by atoms with E-state index < -0.39 is 17.7 Å². The van der Waals surface area contributed by atoms with Crippen molar-refractivity contribution in [1.82, 2.24) is 35.6 Å². The number of rotatable bonds is 11. The SMILES string of the molecule is CN1CCN(C(=O)c2cccc(-c3cccc(C[C@H](NC(=O)C4CCC(CNC(=O)OC(C)(C)C)CC4)C(=O)Nc4ccc(-c5n[nH]c(Cl)n5)cc4)c3)c2)CC1. The predicted octanol–water partition coefficient (Wildman–Crippen LogP) is 6.18. The zero-order valence-corrected chi connectivity index (χ0v) is 33.2. The Morgan fingerprint density at radius 3 is 2.23 bits per heavy atom. The number of nitrogens with one attached hydrogen (secondary N) is 4. The third-order valence-corrected chi connectivity index (χ3v) is 10.4. The van der Waals surface area contributed by atoms with E-state index in [-0.39, 0.29) is 41.3 Å². The van der Waals surface area contributed by atoms with Crippen molar-refractivity contribution >= 4 is 41.1 Å². The fraction of sp³-hybridized carbons (Fsp3) is 0.429. The van der Waals surface area contributed by atoms with Gasteiger partial charge in [-0.3, -0.25) is 14.4 Å². The average molecular weight is 783 g/mol. The van der Waals surface area contributed by atoms with Gasteiger partial charge in [0.1, 0.15) is 11.6 Å². The molecule has 56 heavy (non-hydrogen) atoms. The lowest BCUT2D eigenvalue weighted by Crippen LogP contribution is -2.48. The second kappa shape index (κ2) is 18.1. The molecule has 0 radical (unpaired) electrons. The van der Waals surface area contributed by atoms with Crippen LogP contribution in [0.5, 0.6) is 0 Å². The maximum absolute atomic E-state index is 14.0. The second-order valence-corrected chi connectivity index (χ2v) is 16.1. The molecular formula is C42H51ClN8O5. The minimum Gasteiger partial charge on any atom is -0.444 e. The maximum Gasteiger partial charge on any atom is 0.407 e. The van der Waals surface area contributed by atoms with E-state index >= 15 is 0 Å². The van der Waals surface area contributed by atoms with Gasteiger partial charge in [-0.15, -0.1) is 0 Å². The molecule has 3 aromatic carbocycles. The van der Waals surface area contributed by atoms with E-state index in [4.69, 9.17) is 16.3 Å². The molecule has 14 heteroatoms. The Kier molecular flexibility index (Phi) is 13.1. The monoisotopic (exact) mass is 782 g/mol. The quantitative estimate of drug-likeness (QED) is 0.140. The van der Waals surface area contributed by atoms with Crippen LogP contribution in [0.2, 0.25) is 5.28 Å². The summed E-state index contributed by atoms with van der Waals surface area (Å²) in [7, 11) is 2.06. The number of carbonyl (C=O) groups is 4. The van der Waals surface area contributed by atoms with Crippen LogP contribution in [-0.4, -0.2) is 100 Å². The molecule has 2 heterocycles. The van der Waals surface area contributed by atoms with Crippen molar-refractivity contribution in [1.29, 1.82) is 0 Å². The molecular weight excluding hydrogens is 732 g/mol. The molecule has 4 N–H and O–H groups in total. The van der Waals surface area contributed by atoms with Gasteiger partial charge in [0.05, 0.1) is 0 Å². The topological polar surface area (TPSA) is 162 Å². The Morgan fingerprint density at radius 2 is 1.57 bits per heavy atom. The van der Waals surface area contributed by atoms with Gasteiger partial charge in [-0.05, 0) is 124 Å². The molecule has 1 aliphatic heterocycles. The number of halogens is 1. The van der Waals surface area contributed by atoms with E-state index in [0.29, 0.717) is 49.6 Å². The first-order chi connectivity index (χ1) is 26.8. The number of ether oxygens (including phenoxy) is 1. The molecule has 0 unspecified atom stereocenters. The van der Waals surface area contributed by atoms with E-state index in [9.17, 15) is 19.2 Å². The van der Waals surface area contributed by atoms with Crippen LogP contribution in [0.3, 0.4) is 0 Å². The second-order valence-electron chi connectivity index (χ2n) is 15.8.